The molecular formula is C24H28N4O. The molecule has 0 radical (unpaired) electrons. The lowest BCUT2D eigenvalue weighted by molar-refractivity contribution is 0.460. The van der Waals surface area contributed by atoms with Crippen LogP contribution in [0.4, 0.5) is 0 Å². The summed E-state index contributed by atoms with van der Waals surface area (Å²) in [6.45, 7) is 8.49. The Morgan fingerprint density at radius 1 is 1.21 bits per heavy atom. The average Bonchev–Trinajstić information content (AvgIpc) is 3.11. The fourth-order valence-corrected chi connectivity index (χ4v) is 4.61. The van der Waals surface area contributed by atoms with Gasteiger partial charge in [-0.2, -0.15) is 5.26 Å². The first-order chi connectivity index (χ1) is 13.9. The Morgan fingerprint density at radius 2 is 1.93 bits per heavy atom. The van der Waals surface area contributed by atoms with Crippen molar-refractivity contribution in [2.45, 2.75) is 45.4 Å². The van der Waals surface area contributed by atoms with Crippen LogP contribution >= 0.6 is 0 Å². The zero-order chi connectivity index (χ0) is 20.7. The molecule has 5 heteroatoms. The van der Waals surface area contributed by atoms with E-state index in [0.717, 1.165) is 35.6 Å². The van der Waals surface area contributed by atoms with Gasteiger partial charge in [0.15, 0.2) is 0 Å². The molecule has 0 unspecified atom stereocenters. The summed E-state index contributed by atoms with van der Waals surface area (Å²) in [6, 6.07) is 10.6. The predicted octanol–water partition coefficient (Wildman–Crippen LogP) is 4.30. The van der Waals surface area contributed by atoms with Gasteiger partial charge in [-0.05, 0) is 74.0 Å². The highest BCUT2D eigenvalue weighted by Gasteiger charge is 2.22. The Hall–Kier alpha value is -2.84. The Bertz CT molecular complexity index is 1170. The molecule has 1 saturated heterocycles. The molecule has 5 nitrogen and oxygen atoms in total. The number of pyridine rings is 1. The second-order valence-corrected chi connectivity index (χ2v) is 8.43. The first kappa shape index (κ1) is 19.5. The molecule has 0 atom stereocenters. The van der Waals surface area contributed by atoms with Crippen molar-refractivity contribution in [3.63, 3.8) is 0 Å². The summed E-state index contributed by atoms with van der Waals surface area (Å²) >= 11 is 0. The number of H-pyrrole nitrogens is 1. The summed E-state index contributed by atoms with van der Waals surface area (Å²) in [7, 11) is 1.73. The summed E-state index contributed by atoms with van der Waals surface area (Å²) in [5, 5.41) is 14.1. The summed E-state index contributed by atoms with van der Waals surface area (Å²) < 4.78 is 1.57. The first-order valence-electron chi connectivity index (χ1n) is 10.4. The smallest absolute Gasteiger partial charge is 0.268 e. The van der Waals surface area contributed by atoms with E-state index in [1.165, 1.54) is 29.4 Å². The van der Waals surface area contributed by atoms with E-state index in [0.29, 0.717) is 11.8 Å². The molecule has 0 amide bonds. The molecule has 0 bridgehead atoms. The van der Waals surface area contributed by atoms with Gasteiger partial charge in [0.1, 0.15) is 11.6 Å². The van der Waals surface area contributed by atoms with Crippen LogP contribution in [0.25, 0.3) is 22.2 Å². The quantitative estimate of drug-likeness (QED) is 0.702. The van der Waals surface area contributed by atoms with Crippen LogP contribution in [0.5, 0.6) is 0 Å². The molecule has 150 valence electrons. The minimum absolute atomic E-state index is 0.178. The number of nitriles is 1. The molecular weight excluding hydrogens is 360 g/mol. The standard InChI is InChI=1S/C24H28N4O/c1-14(2)22-20-11-17(16-7-9-26-10-8-16)5-6-21(20)27-23(22)19-12-18(13-25)24(29)28(4)15(19)3/h5-6,11-12,14,16,26-27H,7-10H2,1-4H3. The Kier molecular flexibility index (Phi) is 5.06. The second kappa shape index (κ2) is 7.53. The van der Waals surface area contributed by atoms with Crippen LogP contribution in [-0.2, 0) is 7.05 Å². The van der Waals surface area contributed by atoms with Crippen LogP contribution in [0.3, 0.4) is 0 Å². The van der Waals surface area contributed by atoms with Crippen molar-refractivity contribution in [1.82, 2.24) is 14.9 Å². The SMILES string of the molecule is Cc1c(-c2[nH]c3ccc(C4CCNCC4)cc3c2C(C)C)cc(C#N)c(=O)n1C. The highest BCUT2D eigenvalue weighted by Crippen LogP contribution is 2.38. The van der Waals surface area contributed by atoms with Crippen molar-refractivity contribution in [1.29, 1.82) is 5.26 Å². The number of aromatic amines is 1. The summed E-state index contributed by atoms with van der Waals surface area (Å²) in [5.41, 5.74) is 6.49. The lowest BCUT2D eigenvalue weighted by atomic mass is 9.88. The first-order valence-corrected chi connectivity index (χ1v) is 10.4. The van der Waals surface area contributed by atoms with E-state index < -0.39 is 0 Å². The zero-order valence-electron chi connectivity index (χ0n) is 17.6. The number of fused-ring (bicyclic) bond motifs is 1. The number of nitrogens with one attached hydrogen (secondary N) is 2. The Labute approximate surface area is 171 Å². The molecule has 0 spiro atoms. The highest BCUT2D eigenvalue weighted by molar-refractivity contribution is 5.92. The van der Waals surface area contributed by atoms with Gasteiger partial charge in [0.05, 0.1) is 5.69 Å². The van der Waals surface area contributed by atoms with Crippen molar-refractivity contribution in [2.75, 3.05) is 13.1 Å². The van der Waals surface area contributed by atoms with E-state index in [4.69, 9.17) is 0 Å². The summed E-state index contributed by atoms with van der Waals surface area (Å²) in [5.74, 6) is 0.910. The number of aromatic nitrogens is 2. The van der Waals surface area contributed by atoms with Gasteiger partial charge in [-0.25, -0.2) is 0 Å². The normalized spacial score (nSPS) is 15.2. The van der Waals surface area contributed by atoms with Crippen LogP contribution < -0.4 is 10.9 Å². The molecule has 2 aromatic heterocycles. The third-order valence-electron chi connectivity index (χ3n) is 6.36. The van der Waals surface area contributed by atoms with E-state index in [1.807, 2.05) is 6.92 Å². The van der Waals surface area contributed by atoms with Gasteiger partial charge < -0.3 is 14.9 Å². The molecule has 0 saturated carbocycles. The molecule has 1 aliphatic heterocycles. The molecule has 3 aromatic rings. The van der Waals surface area contributed by atoms with Gasteiger partial charge in [0, 0.05) is 29.2 Å². The van der Waals surface area contributed by atoms with Gasteiger partial charge >= 0.3 is 0 Å². The zero-order valence-corrected chi connectivity index (χ0v) is 17.6. The van der Waals surface area contributed by atoms with Gasteiger partial charge in [-0.15, -0.1) is 0 Å². The van der Waals surface area contributed by atoms with Gasteiger partial charge in [0.25, 0.3) is 5.56 Å². The maximum Gasteiger partial charge on any atom is 0.268 e. The Morgan fingerprint density at radius 3 is 2.59 bits per heavy atom. The number of rotatable bonds is 3. The molecule has 1 fully saturated rings. The minimum atomic E-state index is -0.246. The molecule has 0 aliphatic carbocycles. The van der Waals surface area contributed by atoms with E-state index in [-0.39, 0.29) is 11.1 Å². The van der Waals surface area contributed by atoms with E-state index in [2.05, 4.69) is 48.4 Å². The average molecular weight is 389 g/mol. The maximum atomic E-state index is 12.3. The minimum Gasteiger partial charge on any atom is -0.354 e. The van der Waals surface area contributed by atoms with E-state index in [1.54, 1.807) is 17.7 Å². The van der Waals surface area contributed by atoms with Crippen LogP contribution in [0.15, 0.2) is 29.1 Å². The predicted molar refractivity (Wildman–Crippen MR) is 117 cm³/mol. The summed E-state index contributed by atoms with van der Waals surface area (Å²) in [6.07, 6.45) is 2.34. The van der Waals surface area contributed by atoms with Gasteiger partial charge in [-0.1, -0.05) is 19.9 Å². The van der Waals surface area contributed by atoms with E-state index >= 15 is 0 Å². The fraction of sp³-hybridized carbons (Fsp3) is 0.417. The fourth-order valence-electron chi connectivity index (χ4n) is 4.61. The molecule has 1 aromatic carbocycles. The van der Waals surface area contributed by atoms with E-state index in [9.17, 15) is 10.1 Å². The topological polar surface area (TPSA) is 73.6 Å². The molecule has 2 N–H and O–H groups in total. The largest absolute Gasteiger partial charge is 0.354 e. The number of piperidine rings is 1. The third-order valence-corrected chi connectivity index (χ3v) is 6.36. The van der Waals surface area contributed by atoms with Crippen molar-refractivity contribution in [2.24, 2.45) is 7.05 Å². The van der Waals surface area contributed by atoms with Gasteiger partial charge in [-0.3, -0.25) is 4.79 Å². The van der Waals surface area contributed by atoms with Crippen molar-refractivity contribution in [3.05, 3.63) is 57.0 Å². The number of hydrogen-bond donors (Lipinski definition) is 2. The van der Waals surface area contributed by atoms with Crippen LogP contribution in [0.2, 0.25) is 0 Å². The van der Waals surface area contributed by atoms with Crippen LogP contribution in [-0.4, -0.2) is 22.6 Å². The second-order valence-electron chi connectivity index (χ2n) is 8.43. The van der Waals surface area contributed by atoms with Crippen molar-refractivity contribution in [3.8, 4) is 17.3 Å². The van der Waals surface area contributed by atoms with Gasteiger partial charge in [0.2, 0.25) is 0 Å². The number of hydrogen-bond acceptors (Lipinski definition) is 3. The number of benzene rings is 1. The molecule has 4 rings (SSSR count). The third kappa shape index (κ3) is 3.28. The summed E-state index contributed by atoms with van der Waals surface area (Å²) in [4.78, 5) is 15.9. The van der Waals surface area contributed by atoms with Crippen molar-refractivity contribution >= 4 is 10.9 Å². The van der Waals surface area contributed by atoms with Crippen LogP contribution in [0.1, 0.15) is 60.9 Å². The maximum absolute atomic E-state index is 12.3. The van der Waals surface area contributed by atoms with Crippen molar-refractivity contribution < 1.29 is 0 Å². The molecule has 1 aliphatic rings. The van der Waals surface area contributed by atoms with Crippen LogP contribution in [0, 0.1) is 18.3 Å². The molecule has 29 heavy (non-hydrogen) atoms. The number of nitrogens with zero attached hydrogens (tertiary/aromatic N) is 2. The lowest BCUT2D eigenvalue weighted by Crippen LogP contribution is -2.26. The lowest BCUT2D eigenvalue weighted by Gasteiger charge is -2.23. The molecule has 3 heterocycles. The monoisotopic (exact) mass is 388 g/mol. The Balaban J connectivity index is 1.94. The highest BCUT2D eigenvalue weighted by atomic mass is 16.1.